The quantitative estimate of drug-likeness (QED) is 0.850. The fourth-order valence-electron chi connectivity index (χ4n) is 1.62. The van der Waals surface area contributed by atoms with Crippen LogP contribution in [-0.4, -0.2) is 27.3 Å². The molecule has 0 heterocycles. The fraction of sp³-hybridized carbons (Fsp3) is 0.385. The average Bonchev–Trinajstić information content (AvgIpc) is 2.31. The first-order valence-corrected chi connectivity index (χ1v) is 5.52. The van der Waals surface area contributed by atoms with Crippen molar-refractivity contribution in [1.82, 2.24) is 5.32 Å². The van der Waals surface area contributed by atoms with Crippen LogP contribution in [0.25, 0.3) is 6.08 Å². The van der Waals surface area contributed by atoms with Gasteiger partial charge >= 0.3 is 6.61 Å². The summed E-state index contributed by atoms with van der Waals surface area (Å²) in [5.74, 6) is 0.353. The lowest BCUT2D eigenvalue weighted by atomic mass is 10.1. The zero-order chi connectivity index (χ0) is 13.5. The molecule has 18 heavy (non-hydrogen) atoms. The van der Waals surface area contributed by atoms with Gasteiger partial charge in [0.1, 0.15) is 0 Å². The molecular formula is C13H17F2NO2. The molecule has 0 radical (unpaired) electrons. The van der Waals surface area contributed by atoms with Crippen molar-refractivity contribution in [3.05, 3.63) is 29.3 Å². The lowest BCUT2D eigenvalue weighted by Crippen LogP contribution is -2.09. The van der Waals surface area contributed by atoms with Crippen LogP contribution in [-0.2, 0) is 0 Å². The van der Waals surface area contributed by atoms with Crippen molar-refractivity contribution < 1.29 is 18.3 Å². The Morgan fingerprint density at radius 2 is 2.17 bits per heavy atom. The summed E-state index contributed by atoms with van der Waals surface area (Å²) in [6.07, 6.45) is 1.79. The monoisotopic (exact) mass is 257 g/mol. The zero-order valence-electron chi connectivity index (χ0n) is 10.7. The molecule has 5 heteroatoms. The van der Waals surface area contributed by atoms with Gasteiger partial charge in [-0.3, -0.25) is 0 Å². The van der Waals surface area contributed by atoms with Crippen LogP contribution in [0.1, 0.15) is 12.5 Å². The Kier molecular flexibility index (Phi) is 5.58. The van der Waals surface area contributed by atoms with E-state index in [2.05, 4.69) is 10.1 Å². The van der Waals surface area contributed by atoms with Crippen molar-refractivity contribution in [2.24, 2.45) is 0 Å². The van der Waals surface area contributed by atoms with Crippen LogP contribution in [0, 0.1) is 0 Å². The Balaban J connectivity index is 3.13. The lowest BCUT2D eigenvalue weighted by molar-refractivity contribution is -0.0513. The SMILES string of the molecule is CNCC(C)=Cc1cccc(OC)c1OC(F)F. The number of halogens is 2. The molecule has 0 aliphatic rings. The van der Waals surface area contributed by atoms with Crippen molar-refractivity contribution in [2.75, 3.05) is 20.7 Å². The number of methoxy groups -OCH3 is 1. The highest BCUT2D eigenvalue weighted by molar-refractivity contribution is 5.64. The Hall–Kier alpha value is -1.62. The van der Waals surface area contributed by atoms with Crippen LogP contribution in [0.4, 0.5) is 8.78 Å². The summed E-state index contributed by atoms with van der Waals surface area (Å²) in [5.41, 5.74) is 1.58. The molecule has 1 rings (SSSR count). The van der Waals surface area contributed by atoms with Gasteiger partial charge in [-0.1, -0.05) is 23.8 Å². The maximum absolute atomic E-state index is 12.4. The van der Waals surface area contributed by atoms with Crippen LogP contribution < -0.4 is 14.8 Å². The molecule has 0 atom stereocenters. The second-order valence-corrected chi connectivity index (χ2v) is 3.78. The van der Waals surface area contributed by atoms with Gasteiger partial charge < -0.3 is 14.8 Å². The molecule has 1 aromatic rings. The predicted octanol–water partition coefficient (Wildman–Crippen LogP) is 2.92. The van der Waals surface area contributed by atoms with Gasteiger partial charge in [-0.05, 0) is 20.0 Å². The third-order valence-corrected chi connectivity index (χ3v) is 2.29. The second kappa shape index (κ2) is 6.96. The smallest absolute Gasteiger partial charge is 0.387 e. The van der Waals surface area contributed by atoms with Gasteiger partial charge in [0.05, 0.1) is 7.11 Å². The fourth-order valence-corrected chi connectivity index (χ4v) is 1.62. The summed E-state index contributed by atoms with van der Waals surface area (Å²) in [6.45, 7) is -0.300. The van der Waals surface area contributed by atoms with Crippen molar-refractivity contribution >= 4 is 6.08 Å². The number of ether oxygens (including phenoxy) is 2. The Bertz CT molecular complexity index is 419. The average molecular weight is 257 g/mol. The van der Waals surface area contributed by atoms with E-state index in [0.717, 1.165) is 5.57 Å². The van der Waals surface area contributed by atoms with Gasteiger partial charge in [-0.25, -0.2) is 0 Å². The minimum atomic E-state index is -2.88. The molecule has 100 valence electrons. The standard InChI is InChI=1S/C13H17F2NO2/c1-9(8-16-2)7-10-5-4-6-11(17-3)12(10)18-13(14)15/h4-7,13,16H,8H2,1-3H3. The molecule has 0 aliphatic heterocycles. The molecule has 0 aliphatic carbocycles. The van der Waals surface area contributed by atoms with Crippen LogP contribution in [0.3, 0.4) is 0 Å². The van der Waals surface area contributed by atoms with Crippen molar-refractivity contribution in [1.29, 1.82) is 0 Å². The second-order valence-electron chi connectivity index (χ2n) is 3.78. The van der Waals surface area contributed by atoms with Crippen molar-refractivity contribution in [2.45, 2.75) is 13.5 Å². The minimum absolute atomic E-state index is 0.0606. The first kappa shape index (κ1) is 14.4. The van der Waals surface area contributed by atoms with E-state index in [1.165, 1.54) is 7.11 Å². The van der Waals surface area contributed by atoms with Crippen LogP contribution >= 0.6 is 0 Å². The number of likely N-dealkylation sites (N-methyl/N-ethyl adjacent to an activating group) is 1. The highest BCUT2D eigenvalue weighted by Crippen LogP contribution is 2.33. The van der Waals surface area contributed by atoms with E-state index in [0.29, 0.717) is 17.9 Å². The van der Waals surface area contributed by atoms with Gasteiger partial charge in [0.25, 0.3) is 0 Å². The van der Waals surface area contributed by atoms with Crippen LogP contribution in [0.2, 0.25) is 0 Å². The summed E-state index contributed by atoms with van der Waals surface area (Å²) in [5, 5.41) is 2.99. The predicted molar refractivity (Wildman–Crippen MR) is 67.2 cm³/mol. The highest BCUT2D eigenvalue weighted by Gasteiger charge is 2.13. The molecule has 1 N–H and O–H groups in total. The number of hydrogen-bond acceptors (Lipinski definition) is 3. The number of nitrogens with one attached hydrogen (secondary N) is 1. The van der Waals surface area contributed by atoms with Gasteiger partial charge in [0.2, 0.25) is 0 Å². The molecular weight excluding hydrogens is 240 g/mol. The van der Waals surface area contributed by atoms with Crippen LogP contribution in [0.5, 0.6) is 11.5 Å². The molecule has 0 aromatic heterocycles. The van der Waals surface area contributed by atoms with Crippen LogP contribution in [0.15, 0.2) is 23.8 Å². The first-order valence-electron chi connectivity index (χ1n) is 5.52. The summed E-state index contributed by atoms with van der Waals surface area (Å²) in [6, 6.07) is 5.03. The van der Waals surface area contributed by atoms with Crippen molar-refractivity contribution in [3.8, 4) is 11.5 Å². The number of benzene rings is 1. The molecule has 1 aromatic carbocycles. The molecule has 0 unspecified atom stereocenters. The summed E-state index contributed by atoms with van der Waals surface area (Å²) < 4.78 is 34.3. The van der Waals surface area contributed by atoms with E-state index >= 15 is 0 Å². The van der Waals surface area contributed by atoms with E-state index in [1.807, 2.05) is 14.0 Å². The molecule has 0 spiro atoms. The summed E-state index contributed by atoms with van der Waals surface area (Å²) in [4.78, 5) is 0. The Morgan fingerprint density at radius 3 is 2.72 bits per heavy atom. The first-order chi connectivity index (χ1) is 8.58. The summed E-state index contributed by atoms with van der Waals surface area (Å²) >= 11 is 0. The Morgan fingerprint density at radius 1 is 1.44 bits per heavy atom. The van der Waals surface area contributed by atoms with Gasteiger partial charge in [0.15, 0.2) is 11.5 Å². The maximum Gasteiger partial charge on any atom is 0.387 e. The molecule has 0 saturated carbocycles. The van der Waals surface area contributed by atoms with E-state index in [1.54, 1.807) is 24.3 Å². The third kappa shape index (κ3) is 4.00. The van der Waals surface area contributed by atoms with E-state index < -0.39 is 6.61 Å². The third-order valence-electron chi connectivity index (χ3n) is 2.29. The highest BCUT2D eigenvalue weighted by atomic mass is 19.3. The number of alkyl halides is 2. The van der Waals surface area contributed by atoms with E-state index in [4.69, 9.17) is 4.74 Å². The molecule has 3 nitrogen and oxygen atoms in total. The number of rotatable bonds is 6. The zero-order valence-corrected chi connectivity index (χ0v) is 10.7. The van der Waals surface area contributed by atoms with E-state index in [9.17, 15) is 8.78 Å². The molecule has 0 amide bonds. The summed E-state index contributed by atoms with van der Waals surface area (Å²) in [7, 11) is 3.24. The van der Waals surface area contributed by atoms with Gasteiger partial charge in [-0.2, -0.15) is 8.78 Å². The molecule has 0 bridgehead atoms. The largest absolute Gasteiger partial charge is 0.493 e. The maximum atomic E-state index is 12.4. The van der Waals surface area contributed by atoms with Gasteiger partial charge in [0, 0.05) is 12.1 Å². The van der Waals surface area contributed by atoms with Crippen molar-refractivity contribution in [3.63, 3.8) is 0 Å². The molecule has 0 saturated heterocycles. The minimum Gasteiger partial charge on any atom is -0.493 e. The molecule has 0 fully saturated rings. The van der Waals surface area contributed by atoms with E-state index in [-0.39, 0.29) is 5.75 Å². The number of para-hydroxylation sites is 1. The topological polar surface area (TPSA) is 30.5 Å². The van der Waals surface area contributed by atoms with Gasteiger partial charge in [-0.15, -0.1) is 0 Å². The lowest BCUT2D eigenvalue weighted by Gasteiger charge is -2.13. The Labute approximate surface area is 105 Å². The number of hydrogen-bond donors (Lipinski definition) is 1. The normalized spacial score (nSPS) is 11.8.